The van der Waals surface area contributed by atoms with Crippen LogP contribution in [-0.2, 0) is 0 Å². The van der Waals surface area contributed by atoms with Crippen LogP contribution >= 0.6 is 0 Å². The number of aryl methyl sites for hydroxylation is 1. The molecule has 4 N–H and O–H groups in total. The van der Waals surface area contributed by atoms with Crippen LogP contribution in [0.15, 0.2) is 0 Å². The summed E-state index contributed by atoms with van der Waals surface area (Å²) in [5.74, 6) is 0.339. The van der Waals surface area contributed by atoms with E-state index in [1.54, 1.807) is 0 Å². The molecule has 106 valence electrons. The molecule has 0 aromatic carbocycles. The number of nitrogen functional groups attached to an aromatic ring is 1. The van der Waals surface area contributed by atoms with Crippen molar-refractivity contribution < 1.29 is 10.0 Å². The summed E-state index contributed by atoms with van der Waals surface area (Å²) in [7, 11) is 0. The van der Waals surface area contributed by atoms with Crippen LogP contribution in [0.4, 0.5) is 17.5 Å². The van der Waals surface area contributed by atoms with Crippen LogP contribution < -0.4 is 11.1 Å². The summed E-state index contributed by atoms with van der Waals surface area (Å²) < 4.78 is 0. The third kappa shape index (κ3) is 4.32. The first-order valence-electron chi connectivity index (χ1n) is 6.01. The third-order valence-electron chi connectivity index (χ3n) is 2.51. The predicted octanol–water partition coefficient (Wildman–Crippen LogP) is 1.09. The van der Waals surface area contributed by atoms with Crippen molar-refractivity contribution in [3.63, 3.8) is 0 Å². The molecule has 8 heteroatoms. The van der Waals surface area contributed by atoms with Crippen LogP contribution in [0.2, 0.25) is 0 Å². The van der Waals surface area contributed by atoms with Gasteiger partial charge in [0.25, 0.3) is 0 Å². The van der Waals surface area contributed by atoms with Crippen LogP contribution in [0.1, 0.15) is 26.0 Å². The second-order valence-electron chi connectivity index (χ2n) is 4.79. The highest BCUT2D eigenvalue weighted by Gasteiger charge is 2.21. The summed E-state index contributed by atoms with van der Waals surface area (Å²) in [6, 6.07) is 0. The van der Waals surface area contributed by atoms with Gasteiger partial charge in [0.2, 0.25) is 11.8 Å². The summed E-state index contributed by atoms with van der Waals surface area (Å²) in [6.07, 6.45) is -0.00327. The van der Waals surface area contributed by atoms with E-state index in [-0.39, 0.29) is 29.7 Å². The van der Waals surface area contributed by atoms with E-state index in [1.807, 2.05) is 13.8 Å². The summed E-state index contributed by atoms with van der Waals surface area (Å²) in [5.41, 5.74) is 5.44. The van der Waals surface area contributed by atoms with Crippen molar-refractivity contribution in [2.45, 2.75) is 33.3 Å². The minimum absolute atomic E-state index is 0.0380. The fourth-order valence-electron chi connectivity index (χ4n) is 1.77. The molecule has 1 aromatic heterocycles. The van der Waals surface area contributed by atoms with Crippen LogP contribution in [0.5, 0.6) is 0 Å². The van der Waals surface area contributed by atoms with Gasteiger partial charge in [-0.25, -0.2) is 4.98 Å². The average molecular weight is 269 g/mol. The van der Waals surface area contributed by atoms with Gasteiger partial charge in [0, 0.05) is 6.54 Å². The Hall–Kier alpha value is -1.96. The lowest BCUT2D eigenvalue weighted by molar-refractivity contribution is -0.385. The first kappa shape index (κ1) is 15.1. The summed E-state index contributed by atoms with van der Waals surface area (Å²) >= 11 is 0. The van der Waals surface area contributed by atoms with Gasteiger partial charge in [-0.15, -0.1) is 0 Å². The van der Waals surface area contributed by atoms with Gasteiger partial charge in [-0.3, -0.25) is 10.1 Å². The summed E-state index contributed by atoms with van der Waals surface area (Å²) in [6.45, 7) is 5.64. The number of aliphatic hydroxyl groups is 1. The zero-order chi connectivity index (χ0) is 14.6. The second kappa shape index (κ2) is 6.28. The van der Waals surface area contributed by atoms with Gasteiger partial charge >= 0.3 is 5.69 Å². The molecule has 0 radical (unpaired) electrons. The molecule has 8 nitrogen and oxygen atoms in total. The average Bonchev–Trinajstić information content (AvgIpc) is 2.23. The van der Waals surface area contributed by atoms with Crippen LogP contribution in [0.25, 0.3) is 0 Å². The van der Waals surface area contributed by atoms with Crippen molar-refractivity contribution in [1.29, 1.82) is 0 Å². The third-order valence-corrected chi connectivity index (χ3v) is 2.51. The smallest absolute Gasteiger partial charge is 0.332 e. The predicted molar refractivity (Wildman–Crippen MR) is 71.8 cm³/mol. The maximum Gasteiger partial charge on any atom is 0.332 e. The van der Waals surface area contributed by atoms with Crippen molar-refractivity contribution in [2.24, 2.45) is 5.92 Å². The number of hydrogen-bond donors (Lipinski definition) is 3. The molecule has 0 aliphatic heterocycles. The number of anilines is 2. The van der Waals surface area contributed by atoms with Gasteiger partial charge in [-0.2, -0.15) is 4.98 Å². The monoisotopic (exact) mass is 269 g/mol. The molecule has 0 amide bonds. The number of nitrogens with zero attached hydrogens (tertiary/aromatic N) is 3. The SMILES string of the molecule is Cc1nc(N)nc(NCC(O)CC(C)C)c1[N+](=O)[O-]. The lowest BCUT2D eigenvalue weighted by Crippen LogP contribution is -2.22. The first-order chi connectivity index (χ1) is 8.81. The number of nitro groups is 1. The maximum atomic E-state index is 11.0. The highest BCUT2D eigenvalue weighted by molar-refractivity contribution is 5.60. The van der Waals surface area contributed by atoms with E-state index >= 15 is 0 Å². The van der Waals surface area contributed by atoms with Gasteiger partial charge in [0.15, 0.2) is 0 Å². The quantitative estimate of drug-likeness (QED) is 0.521. The molecule has 1 unspecified atom stereocenters. The van der Waals surface area contributed by atoms with Gasteiger partial charge in [-0.1, -0.05) is 13.8 Å². The normalized spacial score (nSPS) is 12.5. The zero-order valence-electron chi connectivity index (χ0n) is 11.3. The van der Waals surface area contributed by atoms with Gasteiger partial charge in [0.05, 0.1) is 11.0 Å². The molecule has 1 aromatic rings. The van der Waals surface area contributed by atoms with E-state index in [4.69, 9.17) is 5.73 Å². The highest BCUT2D eigenvalue weighted by atomic mass is 16.6. The summed E-state index contributed by atoms with van der Waals surface area (Å²) in [4.78, 5) is 18.0. The molecule has 0 bridgehead atoms. The lowest BCUT2D eigenvalue weighted by Gasteiger charge is -2.14. The maximum absolute atomic E-state index is 11.0. The summed E-state index contributed by atoms with van der Waals surface area (Å²) in [5, 5.41) is 23.5. The molecule has 0 saturated carbocycles. The van der Waals surface area contributed by atoms with Gasteiger partial charge in [-0.05, 0) is 19.3 Å². The van der Waals surface area contributed by atoms with Gasteiger partial charge < -0.3 is 16.2 Å². The zero-order valence-corrected chi connectivity index (χ0v) is 11.3. The van der Waals surface area contributed by atoms with E-state index in [9.17, 15) is 15.2 Å². The Morgan fingerprint density at radius 1 is 1.47 bits per heavy atom. The Morgan fingerprint density at radius 3 is 2.63 bits per heavy atom. The molecule has 0 fully saturated rings. The number of aromatic nitrogens is 2. The van der Waals surface area contributed by atoms with E-state index in [1.165, 1.54) is 6.92 Å². The van der Waals surface area contributed by atoms with Crippen LogP contribution in [0, 0.1) is 23.0 Å². The van der Waals surface area contributed by atoms with E-state index in [0.29, 0.717) is 12.3 Å². The molecule has 0 spiro atoms. The van der Waals surface area contributed by atoms with Crippen molar-refractivity contribution in [2.75, 3.05) is 17.6 Å². The van der Waals surface area contributed by atoms with Crippen LogP contribution in [-0.4, -0.2) is 32.6 Å². The van der Waals surface area contributed by atoms with Crippen molar-refractivity contribution >= 4 is 17.5 Å². The Morgan fingerprint density at radius 2 is 2.11 bits per heavy atom. The molecule has 19 heavy (non-hydrogen) atoms. The molecule has 0 aliphatic rings. The Kier molecular flexibility index (Phi) is 4.99. The molecule has 1 heterocycles. The number of hydrogen-bond acceptors (Lipinski definition) is 7. The Bertz CT molecular complexity index is 464. The fourth-order valence-corrected chi connectivity index (χ4v) is 1.77. The molecule has 1 rings (SSSR count). The Balaban J connectivity index is 2.85. The van der Waals surface area contributed by atoms with Crippen molar-refractivity contribution in [3.8, 4) is 0 Å². The largest absolute Gasteiger partial charge is 0.391 e. The molecule has 1 atom stereocenters. The lowest BCUT2D eigenvalue weighted by atomic mass is 10.1. The number of rotatable bonds is 6. The fraction of sp³-hybridized carbons (Fsp3) is 0.636. The molecule has 0 aliphatic carbocycles. The number of nitrogens with two attached hydrogens (primary N) is 1. The van der Waals surface area contributed by atoms with Crippen LogP contribution in [0.3, 0.4) is 0 Å². The second-order valence-corrected chi connectivity index (χ2v) is 4.79. The topological polar surface area (TPSA) is 127 Å². The van der Waals surface area contributed by atoms with E-state index in [2.05, 4.69) is 15.3 Å². The van der Waals surface area contributed by atoms with E-state index in [0.717, 1.165) is 0 Å². The molecular weight excluding hydrogens is 250 g/mol. The molecule has 0 saturated heterocycles. The number of nitrogens with one attached hydrogen (secondary N) is 1. The highest BCUT2D eigenvalue weighted by Crippen LogP contribution is 2.25. The van der Waals surface area contributed by atoms with E-state index < -0.39 is 11.0 Å². The van der Waals surface area contributed by atoms with Gasteiger partial charge in [0.1, 0.15) is 5.69 Å². The molecular formula is C11H19N5O3. The van der Waals surface area contributed by atoms with Crippen molar-refractivity contribution in [1.82, 2.24) is 9.97 Å². The Labute approximate surface area is 111 Å². The standard InChI is InChI=1S/C11H19N5O3/c1-6(2)4-8(17)5-13-10-9(16(18)19)7(3)14-11(12)15-10/h6,8,17H,4-5H2,1-3H3,(H3,12,13,14,15). The minimum atomic E-state index is -0.601. The van der Waals surface area contributed by atoms with Crippen molar-refractivity contribution in [3.05, 3.63) is 15.8 Å². The number of aliphatic hydroxyl groups excluding tert-OH is 1. The first-order valence-corrected chi connectivity index (χ1v) is 6.01. The minimum Gasteiger partial charge on any atom is -0.391 e.